The molecule has 0 radical (unpaired) electrons. The van der Waals surface area contributed by atoms with E-state index in [0.717, 1.165) is 0 Å². The summed E-state index contributed by atoms with van der Waals surface area (Å²) in [6.45, 7) is -1.52. The molecular weight excluding hydrogens is 415 g/mol. The van der Waals surface area contributed by atoms with E-state index in [0.29, 0.717) is 0 Å². The number of aliphatic hydroxyl groups is 3. The van der Waals surface area contributed by atoms with E-state index in [1.165, 1.54) is 17.2 Å². The Bertz CT molecular complexity index is 941. The van der Waals surface area contributed by atoms with Gasteiger partial charge in [0.05, 0.1) is 19.5 Å². The van der Waals surface area contributed by atoms with E-state index in [-0.39, 0.29) is 17.0 Å². The van der Waals surface area contributed by atoms with Gasteiger partial charge in [-0.05, 0) is 0 Å². The molecule has 2 aromatic rings. The molecule has 1 fully saturated rings. The fourth-order valence-corrected chi connectivity index (χ4v) is 3.35. The molecule has 15 nitrogen and oxygen atoms in total. The van der Waals surface area contributed by atoms with Crippen molar-refractivity contribution >= 4 is 30.8 Å². The van der Waals surface area contributed by atoms with Crippen LogP contribution in [0.1, 0.15) is 6.23 Å². The molecule has 0 amide bonds. The number of phosphoric acid groups is 1. The number of imidazole rings is 1. The number of aliphatic hydroxyl groups excluding tert-OH is 3. The first-order chi connectivity index (χ1) is 13.6. The minimum Gasteiger partial charge on any atom is -0.394 e. The highest BCUT2D eigenvalue weighted by molar-refractivity contribution is 7.48. The molecule has 2 unspecified atom stereocenters. The maximum atomic E-state index is 11.8. The fourth-order valence-electron chi connectivity index (χ4n) is 2.60. The van der Waals surface area contributed by atoms with Crippen molar-refractivity contribution < 1.29 is 43.4 Å². The molecule has 2 aromatic heterocycles. The molecule has 0 aromatic carbocycles. The van der Waals surface area contributed by atoms with Gasteiger partial charge in [-0.2, -0.15) is 0 Å². The van der Waals surface area contributed by atoms with Crippen LogP contribution in [0.4, 0.5) is 5.82 Å². The average Bonchev–Trinajstić information content (AvgIpc) is 3.22. The number of carbonyl (C=O) groups is 1. The molecule has 1 saturated heterocycles. The number of carbonyl (C=O) groups excluding carboxylic acids is 1. The molecular formula is C13H19N6O9P. The van der Waals surface area contributed by atoms with Crippen molar-refractivity contribution in [2.75, 3.05) is 18.9 Å². The number of hydrogen-bond donors (Lipinski definition) is 6. The number of anilines is 1. The monoisotopic (exact) mass is 434 g/mol. The molecule has 0 saturated carbocycles. The van der Waals surface area contributed by atoms with Crippen LogP contribution >= 0.6 is 7.82 Å². The highest BCUT2D eigenvalue weighted by Gasteiger charge is 2.45. The normalized spacial score (nSPS) is 27.6. The second-order valence-corrected chi connectivity index (χ2v) is 7.47. The van der Waals surface area contributed by atoms with Crippen molar-refractivity contribution in [3.8, 4) is 0 Å². The van der Waals surface area contributed by atoms with Gasteiger partial charge in [0.2, 0.25) is 0 Å². The minimum atomic E-state index is -4.91. The number of phosphoric ester groups is 1. The second-order valence-electron chi connectivity index (χ2n) is 6.09. The number of ether oxygens (including phenoxy) is 1. The van der Waals surface area contributed by atoms with E-state index in [2.05, 4.69) is 24.0 Å². The van der Waals surface area contributed by atoms with Crippen LogP contribution in [0.3, 0.4) is 0 Å². The lowest BCUT2D eigenvalue weighted by atomic mass is 10.1. The van der Waals surface area contributed by atoms with Crippen LogP contribution < -0.4 is 11.5 Å². The molecule has 3 rings (SSSR count). The molecule has 0 spiro atoms. The maximum Gasteiger partial charge on any atom is 0.529 e. The molecule has 0 aliphatic carbocycles. The number of nitrogens with two attached hydrogens (primary N) is 2. The van der Waals surface area contributed by atoms with Crippen LogP contribution in [0, 0.1) is 0 Å². The zero-order valence-electron chi connectivity index (χ0n) is 14.7. The highest BCUT2D eigenvalue weighted by Crippen LogP contribution is 2.44. The standard InChI is InChI=1S/C13H19N6O9P/c14-5(1-20)13(23)28-29(24,25)26-2-6-8(21)9(22)12(27-6)19-4-18-7-10(15)16-3-17-11(7)19/h3-6,8-9,12,20-22H,1-2,14H2,(H,24,25)(H2,15,16,17)/t5-,6+,8+,9+,12?/m0/s1. The predicted octanol–water partition coefficient (Wildman–Crippen LogP) is -2.99. The number of rotatable bonds is 7. The van der Waals surface area contributed by atoms with Crippen LogP contribution in [0.25, 0.3) is 11.2 Å². The topological polar surface area (TPSA) is 238 Å². The molecule has 0 bridgehead atoms. The third-order valence-corrected chi connectivity index (χ3v) is 4.99. The first kappa shape index (κ1) is 21.5. The van der Waals surface area contributed by atoms with Crippen molar-refractivity contribution in [3.05, 3.63) is 12.7 Å². The van der Waals surface area contributed by atoms with E-state index < -0.39 is 57.6 Å². The summed E-state index contributed by atoms with van der Waals surface area (Å²) in [6.07, 6.45) is -2.97. The van der Waals surface area contributed by atoms with Crippen LogP contribution in [-0.4, -0.2) is 83.3 Å². The van der Waals surface area contributed by atoms with Crippen molar-refractivity contribution in [2.45, 2.75) is 30.6 Å². The van der Waals surface area contributed by atoms with Gasteiger partial charge in [-0.1, -0.05) is 0 Å². The van der Waals surface area contributed by atoms with Gasteiger partial charge in [-0.25, -0.2) is 24.3 Å². The average molecular weight is 434 g/mol. The van der Waals surface area contributed by atoms with Gasteiger partial charge >= 0.3 is 13.8 Å². The summed E-state index contributed by atoms with van der Waals surface area (Å²) >= 11 is 0. The molecule has 1 aliphatic rings. The Morgan fingerprint density at radius 1 is 1.34 bits per heavy atom. The third kappa shape index (κ3) is 4.36. The van der Waals surface area contributed by atoms with Crippen LogP contribution in [0.15, 0.2) is 12.7 Å². The summed E-state index contributed by atoms with van der Waals surface area (Å²) in [6, 6.07) is -1.53. The Morgan fingerprint density at radius 2 is 2.07 bits per heavy atom. The van der Waals surface area contributed by atoms with Crippen LogP contribution in [0.2, 0.25) is 0 Å². The van der Waals surface area contributed by atoms with E-state index in [4.69, 9.17) is 21.3 Å². The summed E-state index contributed by atoms with van der Waals surface area (Å²) in [4.78, 5) is 32.8. The molecule has 29 heavy (non-hydrogen) atoms. The van der Waals surface area contributed by atoms with Gasteiger partial charge in [0, 0.05) is 0 Å². The number of nitrogens with zero attached hydrogens (tertiary/aromatic N) is 4. The lowest BCUT2D eigenvalue weighted by molar-refractivity contribution is -0.138. The Morgan fingerprint density at radius 3 is 2.76 bits per heavy atom. The molecule has 1 aliphatic heterocycles. The van der Waals surface area contributed by atoms with Crippen molar-refractivity contribution in [1.29, 1.82) is 0 Å². The van der Waals surface area contributed by atoms with E-state index in [1.54, 1.807) is 0 Å². The summed E-state index contributed by atoms with van der Waals surface area (Å²) in [5, 5.41) is 29.2. The van der Waals surface area contributed by atoms with E-state index in [9.17, 15) is 24.5 Å². The van der Waals surface area contributed by atoms with Crippen molar-refractivity contribution in [2.24, 2.45) is 5.73 Å². The minimum absolute atomic E-state index is 0.103. The summed E-state index contributed by atoms with van der Waals surface area (Å²) in [7, 11) is -4.91. The van der Waals surface area contributed by atoms with Gasteiger partial charge in [-0.15, -0.1) is 0 Å². The smallest absolute Gasteiger partial charge is 0.394 e. The van der Waals surface area contributed by atoms with Gasteiger partial charge in [-0.3, -0.25) is 14.0 Å². The van der Waals surface area contributed by atoms with Crippen LogP contribution in [0.5, 0.6) is 0 Å². The van der Waals surface area contributed by atoms with Crippen molar-refractivity contribution in [1.82, 2.24) is 19.5 Å². The highest BCUT2D eigenvalue weighted by atomic mass is 31.2. The molecule has 8 N–H and O–H groups in total. The predicted molar refractivity (Wildman–Crippen MR) is 92.6 cm³/mol. The number of fused-ring (bicyclic) bond motifs is 1. The van der Waals surface area contributed by atoms with Crippen molar-refractivity contribution in [3.63, 3.8) is 0 Å². The Kier molecular flexibility index (Phi) is 6.11. The Balaban J connectivity index is 1.69. The lowest BCUT2D eigenvalue weighted by Gasteiger charge is -2.18. The number of aromatic nitrogens is 4. The number of nitrogen functional groups attached to an aromatic ring is 1. The van der Waals surface area contributed by atoms with Crippen LogP contribution in [-0.2, 0) is 23.1 Å². The molecule has 3 heterocycles. The summed E-state index contributed by atoms with van der Waals surface area (Å²) in [5.74, 6) is -1.25. The van der Waals surface area contributed by atoms with E-state index >= 15 is 0 Å². The van der Waals surface area contributed by atoms with E-state index in [1.807, 2.05) is 0 Å². The molecule has 6 atom stereocenters. The Labute approximate surface area is 162 Å². The SMILES string of the molecule is Nc1ncnc2c1ncn2C1O[C@H](COP(=O)(O)OC(=O)[C@@H](N)CO)[C@@H](O)[C@H]1O. The lowest BCUT2D eigenvalue weighted by Crippen LogP contribution is -2.36. The first-order valence-corrected chi connectivity index (χ1v) is 9.66. The van der Waals surface area contributed by atoms with Gasteiger partial charge in [0.15, 0.2) is 17.7 Å². The first-order valence-electron chi connectivity index (χ1n) is 8.16. The summed E-state index contributed by atoms with van der Waals surface area (Å²) in [5.41, 5.74) is 11.4. The zero-order chi connectivity index (χ0) is 21.3. The van der Waals surface area contributed by atoms with Gasteiger partial charge in [0.25, 0.3) is 0 Å². The Hall–Kier alpha value is -2.23. The van der Waals surface area contributed by atoms with Gasteiger partial charge in [0.1, 0.15) is 36.2 Å². The molecule has 16 heteroatoms. The fraction of sp³-hybridized carbons (Fsp3) is 0.538. The quantitative estimate of drug-likeness (QED) is 0.238. The van der Waals surface area contributed by atoms with Gasteiger partial charge < -0.3 is 36.0 Å². The second kappa shape index (κ2) is 8.25. The largest absolute Gasteiger partial charge is 0.529 e. The molecule has 160 valence electrons. The zero-order valence-corrected chi connectivity index (χ0v) is 15.6. The third-order valence-electron chi connectivity index (χ3n) is 4.11. The maximum absolute atomic E-state index is 11.8. The summed E-state index contributed by atoms with van der Waals surface area (Å²) < 4.78 is 27.5. The number of hydrogen-bond acceptors (Lipinski definition) is 13.